The lowest BCUT2D eigenvalue weighted by Crippen LogP contribution is -2.24. The van der Waals surface area contributed by atoms with Gasteiger partial charge in [-0.15, -0.1) is 0 Å². The minimum atomic E-state index is -0.205. The summed E-state index contributed by atoms with van der Waals surface area (Å²) in [5.41, 5.74) is 4.50. The van der Waals surface area contributed by atoms with Crippen molar-refractivity contribution in [2.45, 2.75) is 13.0 Å². The van der Waals surface area contributed by atoms with Crippen molar-refractivity contribution in [2.24, 2.45) is 0 Å². The number of pyridine rings is 1. The molecular formula is C14H13FN2. The van der Waals surface area contributed by atoms with Crippen molar-refractivity contribution >= 4 is 0 Å². The highest BCUT2D eigenvalue weighted by Gasteiger charge is 2.10. The average Bonchev–Trinajstić information content (AvgIpc) is 2.39. The van der Waals surface area contributed by atoms with Crippen molar-refractivity contribution in [1.82, 2.24) is 10.3 Å². The number of benzene rings is 1. The molecule has 1 N–H and O–H groups in total. The van der Waals surface area contributed by atoms with Crippen molar-refractivity contribution in [3.63, 3.8) is 0 Å². The van der Waals surface area contributed by atoms with E-state index >= 15 is 0 Å². The first-order valence-electron chi connectivity index (χ1n) is 5.77. The van der Waals surface area contributed by atoms with E-state index in [1.54, 1.807) is 12.1 Å². The molecule has 0 atom stereocenters. The number of rotatable bonds is 1. The highest BCUT2D eigenvalue weighted by molar-refractivity contribution is 5.63. The average molecular weight is 228 g/mol. The third-order valence-electron chi connectivity index (χ3n) is 3.10. The Morgan fingerprint density at radius 3 is 2.76 bits per heavy atom. The molecular weight excluding hydrogens is 215 g/mol. The zero-order chi connectivity index (χ0) is 11.7. The van der Waals surface area contributed by atoms with Gasteiger partial charge in [-0.25, -0.2) is 4.39 Å². The smallest absolute Gasteiger partial charge is 0.123 e. The summed E-state index contributed by atoms with van der Waals surface area (Å²) >= 11 is 0. The molecule has 0 amide bonds. The normalized spacial score (nSPS) is 14.4. The summed E-state index contributed by atoms with van der Waals surface area (Å²) < 4.78 is 12.9. The molecule has 0 saturated carbocycles. The van der Waals surface area contributed by atoms with Crippen LogP contribution in [0.15, 0.2) is 36.5 Å². The van der Waals surface area contributed by atoms with Gasteiger partial charge in [0, 0.05) is 18.3 Å². The fourth-order valence-electron chi connectivity index (χ4n) is 2.14. The van der Waals surface area contributed by atoms with E-state index in [-0.39, 0.29) is 5.82 Å². The highest BCUT2D eigenvalue weighted by Crippen LogP contribution is 2.22. The molecule has 0 saturated heterocycles. The van der Waals surface area contributed by atoms with Gasteiger partial charge in [0.25, 0.3) is 0 Å². The predicted molar refractivity (Wildman–Crippen MR) is 65.0 cm³/mol. The van der Waals surface area contributed by atoms with Crippen LogP contribution in [0.5, 0.6) is 0 Å². The van der Waals surface area contributed by atoms with Crippen LogP contribution in [0.2, 0.25) is 0 Å². The Balaban J connectivity index is 2.01. The van der Waals surface area contributed by atoms with E-state index in [9.17, 15) is 4.39 Å². The molecule has 86 valence electrons. The molecule has 2 nitrogen and oxygen atoms in total. The van der Waals surface area contributed by atoms with E-state index in [0.717, 1.165) is 36.3 Å². The number of fused-ring (bicyclic) bond motifs is 1. The van der Waals surface area contributed by atoms with Gasteiger partial charge in [0.2, 0.25) is 0 Å². The Labute approximate surface area is 99.5 Å². The standard InChI is InChI=1S/C14H13FN2/c15-13-3-1-10(2-4-13)12-7-11-5-6-16-9-14(11)17-8-12/h1-4,7-8,16H,5-6,9H2. The van der Waals surface area contributed by atoms with Crippen molar-refractivity contribution < 1.29 is 4.39 Å². The molecule has 1 aliphatic rings. The summed E-state index contributed by atoms with van der Waals surface area (Å²) in [4.78, 5) is 4.46. The van der Waals surface area contributed by atoms with Crippen LogP contribution in [0.1, 0.15) is 11.3 Å². The fraction of sp³-hybridized carbons (Fsp3) is 0.214. The first-order chi connectivity index (χ1) is 8.33. The monoisotopic (exact) mass is 228 g/mol. The third kappa shape index (κ3) is 2.06. The Bertz CT molecular complexity index is 534. The van der Waals surface area contributed by atoms with E-state index < -0.39 is 0 Å². The Hall–Kier alpha value is -1.74. The van der Waals surface area contributed by atoms with Crippen LogP contribution in [0.25, 0.3) is 11.1 Å². The molecule has 0 fully saturated rings. The summed E-state index contributed by atoms with van der Waals surface area (Å²) in [6.45, 7) is 1.85. The Kier molecular flexibility index (Phi) is 2.61. The predicted octanol–water partition coefficient (Wildman–Crippen LogP) is 2.53. The maximum absolute atomic E-state index is 12.9. The van der Waals surface area contributed by atoms with Crippen molar-refractivity contribution in [2.75, 3.05) is 6.54 Å². The number of hydrogen-bond donors (Lipinski definition) is 1. The number of halogens is 1. The van der Waals surface area contributed by atoms with E-state index in [0.29, 0.717) is 0 Å². The van der Waals surface area contributed by atoms with Gasteiger partial charge in [0.1, 0.15) is 5.82 Å². The van der Waals surface area contributed by atoms with Crippen LogP contribution in [-0.4, -0.2) is 11.5 Å². The molecule has 0 unspecified atom stereocenters. The van der Waals surface area contributed by atoms with Crippen LogP contribution >= 0.6 is 0 Å². The summed E-state index contributed by atoms with van der Waals surface area (Å²) in [5.74, 6) is -0.205. The minimum absolute atomic E-state index is 0.205. The van der Waals surface area contributed by atoms with Gasteiger partial charge < -0.3 is 5.32 Å². The van der Waals surface area contributed by atoms with Crippen LogP contribution in [0, 0.1) is 5.82 Å². The molecule has 3 heteroatoms. The van der Waals surface area contributed by atoms with Gasteiger partial charge in [0.15, 0.2) is 0 Å². The lowest BCUT2D eigenvalue weighted by molar-refractivity contribution is 0.627. The van der Waals surface area contributed by atoms with E-state index in [1.165, 1.54) is 17.7 Å². The van der Waals surface area contributed by atoms with E-state index in [2.05, 4.69) is 16.4 Å². The van der Waals surface area contributed by atoms with E-state index in [1.807, 2.05) is 6.20 Å². The van der Waals surface area contributed by atoms with Crippen molar-refractivity contribution in [3.8, 4) is 11.1 Å². The molecule has 2 heterocycles. The quantitative estimate of drug-likeness (QED) is 0.811. The zero-order valence-electron chi connectivity index (χ0n) is 9.41. The summed E-state index contributed by atoms with van der Waals surface area (Å²) in [5, 5.41) is 3.30. The third-order valence-corrected chi connectivity index (χ3v) is 3.10. The van der Waals surface area contributed by atoms with Gasteiger partial charge in [-0.2, -0.15) is 0 Å². The van der Waals surface area contributed by atoms with Crippen LogP contribution in [0.4, 0.5) is 4.39 Å². The van der Waals surface area contributed by atoms with Crippen molar-refractivity contribution in [3.05, 3.63) is 53.6 Å². The van der Waals surface area contributed by atoms with Gasteiger partial charge in [-0.3, -0.25) is 4.98 Å². The minimum Gasteiger partial charge on any atom is -0.311 e. The lowest BCUT2D eigenvalue weighted by atomic mass is 10.0. The molecule has 2 aromatic rings. The maximum Gasteiger partial charge on any atom is 0.123 e. The Morgan fingerprint density at radius 1 is 1.12 bits per heavy atom. The first kappa shape index (κ1) is 10.4. The molecule has 1 aromatic carbocycles. The van der Waals surface area contributed by atoms with Crippen LogP contribution < -0.4 is 5.32 Å². The molecule has 1 aliphatic heterocycles. The van der Waals surface area contributed by atoms with Crippen LogP contribution in [-0.2, 0) is 13.0 Å². The topological polar surface area (TPSA) is 24.9 Å². The summed E-state index contributed by atoms with van der Waals surface area (Å²) in [7, 11) is 0. The number of nitrogens with zero attached hydrogens (tertiary/aromatic N) is 1. The van der Waals surface area contributed by atoms with Gasteiger partial charge in [-0.05, 0) is 42.3 Å². The molecule has 3 rings (SSSR count). The molecule has 0 radical (unpaired) electrons. The zero-order valence-corrected chi connectivity index (χ0v) is 9.41. The first-order valence-corrected chi connectivity index (χ1v) is 5.77. The molecule has 0 bridgehead atoms. The molecule has 0 aliphatic carbocycles. The SMILES string of the molecule is Fc1ccc(-c2cnc3c(c2)CCNC3)cc1. The number of hydrogen-bond acceptors (Lipinski definition) is 2. The second-order valence-electron chi connectivity index (χ2n) is 4.26. The number of nitrogens with one attached hydrogen (secondary N) is 1. The highest BCUT2D eigenvalue weighted by atomic mass is 19.1. The maximum atomic E-state index is 12.9. The van der Waals surface area contributed by atoms with Crippen molar-refractivity contribution in [1.29, 1.82) is 0 Å². The summed E-state index contributed by atoms with van der Waals surface area (Å²) in [6.07, 6.45) is 2.87. The molecule has 17 heavy (non-hydrogen) atoms. The second kappa shape index (κ2) is 4.26. The largest absolute Gasteiger partial charge is 0.311 e. The summed E-state index contributed by atoms with van der Waals surface area (Å²) in [6, 6.07) is 8.71. The molecule has 0 spiro atoms. The number of aromatic nitrogens is 1. The van der Waals surface area contributed by atoms with Crippen LogP contribution in [0.3, 0.4) is 0 Å². The Morgan fingerprint density at radius 2 is 1.94 bits per heavy atom. The fourth-order valence-corrected chi connectivity index (χ4v) is 2.14. The van der Waals surface area contributed by atoms with E-state index in [4.69, 9.17) is 0 Å². The second-order valence-corrected chi connectivity index (χ2v) is 4.26. The lowest BCUT2D eigenvalue weighted by Gasteiger charge is -2.16. The van der Waals surface area contributed by atoms with Gasteiger partial charge in [0.05, 0.1) is 5.69 Å². The van der Waals surface area contributed by atoms with Gasteiger partial charge in [-0.1, -0.05) is 12.1 Å². The van der Waals surface area contributed by atoms with Gasteiger partial charge >= 0.3 is 0 Å². The molecule has 1 aromatic heterocycles.